The molecule has 148 valence electrons. The number of carbonyl (C=O) groups is 1. The Morgan fingerprint density at radius 1 is 1.18 bits per heavy atom. The lowest BCUT2D eigenvalue weighted by molar-refractivity contribution is -0.00343. The Kier molecular flexibility index (Phi) is 4.27. The smallest absolute Gasteiger partial charge is 0.257 e. The Morgan fingerprint density at radius 2 is 1.89 bits per heavy atom. The zero-order chi connectivity index (χ0) is 19.4. The van der Waals surface area contributed by atoms with Gasteiger partial charge >= 0.3 is 0 Å². The van der Waals surface area contributed by atoms with E-state index in [1.807, 2.05) is 30.7 Å². The van der Waals surface area contributed by atoms with E-state index in [0.717, 1.165) is 49.3 Å². The highest BCUT2D eigenvalue weighted by molar-refractivity contribution is 5.95. The van der Waals surface area contributed by atoms with E-state index in [4.69, 9.17) is 0 Å². The van der Waals surface area contributed by atoms with Gasteiger partial charge in [-0.2, -0.15) is 5.10 Å². The van der Waals surface area contributed by atoms with Gasteiger partial charge in [-0.25, -0.2) is 4.39 Å². The van der Waals surface area contributed by atoms with Gasteiger partial charge in [-0.3, -0.25) is 14.4 Å². The van der Waals surface area contributed by atoms with Crippen molar-refractivity contribution in [1.82, 2.24) is 19.6 Å². The van der Waals surface area contributed by atoms with Gasteiger partial charge in [-0.05, 0) is 63.4 Å². The van der Waals surface area contributed by atoms with Crippen LogP contribution in [0.2, 0.25) is 0 Å². The van der Waals surface area contributed by atoms with Crippen LogP contribution in [0, 0.1) is 18.7 Å². The number of rotatable bonds is 3. The number of halogens is 1. The molecule has 4 aliphatic rings. The third-order valence-electron chi connectivity index (χ3n) is 7.19. The van der Waals surface area contributed by atoms with Gasteiger partial charge in [0.1, 0.15) is 5.82 Å². The molecule has 4 aliphatic heterocycles. The largest absolute Gasteiger partial charge is 0.333 e. The summed E-state index contributed by atoms with van der Waals surface area (Å²) in [6.07, 6.45) is 4.05. The van der Waals surface area contributed by atoms with Crippen LogP contribution in [0.15, 0.2) is 30.5 Å². The van der Waals surface area contributed by atoms with Crippen LogP contribution in [0.4, 0.5) is 4.39 Å². The summed E-state index contributed by atoms with van der Waals surface area (Å²) >= 11 is 0. The van der Waals surface area contributed by atoms with E-state index in [2.05, 4.69) is 14.9 Å². The summed E-state index contributed by atoms with van der Waals surface area (Å²) in [4.78, 5) is 18.2. The van der Waals surface area contributed by atoms with Crippen LogP contribution in [-0.4, -0.2) is 57.2 Å². The number of amides is 1. The first kappa shape index (κ1) is 17.9. The summed E-state index contributed by atoms with van der Waals surface area (Å²) < 4.78 is 15.4. The molecule has 2 bridgehead atoms. The van der Waals surface area contributed by atoms with Crippen molar-refractivity contribution in [2.24, 2.45) is 5.92 Å². The second-order valence-electron chi connectivity index (χ2n) is 8.43. The molecule has 1 aromatic carbocycles. The normalized spacial score (nSPS) is 31.2. The molecule has 4 fully saturated rings. The van der Waals surface area contributed by atoms with Gasteiger partial charge in [0.15, 0.2) is 0 Å². The first-order chi connectivity index (χ1) is 13.6. The molecule has 28 heavy (non-hydrogen) atoms. The molecule has 0 saturated carbocycles. The third kappa shape index (κ3) is 2.61. The number of piperidine rings is 3. The van der Waals surface area contributed by atoms with Crippen LogP contribution in [0.3, 0.4) is 0 Å². The molecule has 5 nitrogen and oxygen atoms in total. The summed E-state index contributed by atoms with van der Waals surface area (Å²) in [6.45, 7) is 7.70. The fraction of sp³-hybridized carbons (Fsp3) is 0.545. The highest BCUT2D eigenvalue weighted by Crippen LogP contribution is 2.47. The SMILES string of the molecule is CCn1ncc(C(=O)N2C[C@H](c3ccc(F)cc3)[C@H]3[C@@H]2C2CCN3CC2)c1C. The Hall–Kier alpha value is -2.21. The fourth-order valence-electron chi connectivity index (χ4n) is 5.79. The number of hydrogen-bond acceptors (Lipinski definition) is 3. The number of aryl methyl sites for hydroxylation is 1. The van der Waals surface area contributed by atoms with Crippen molar-refractivity contribution < 1.29 is 9.18 Å². The van der Waals surface area contributed by atoms with Crippen molar-refractivity contribution in [2.45, 2.75) is 51.2 Å². The van der Waals surface area contributed by atoms with E-state index in [-0.39, 0.29) is 23.7 Å². The molecule has 3 atom stereocenters. The van der Waals surface area contributed by atoms with E-state index in [9.17, 15) is 9.18 Å². The predicted octanol–water partition coefficient (Wildman–Crippen LogP) is 3.05. The molecular weight excluding hydrogens is 355 g/mol. The van der Waals surface area contributed by atoms with Gasteiger partial charge in [0.25, 0.3) is 5.91 Å². The minimum atomic E-state index is -0.209. The van der Waals surface area contributed by atoms with Gasteiger partial charge in [-0.15, -0.1) is 0 Å². The number of hydrogen-bond donors (Lipinski definition) is 0. The summed E-state index contributed by atoms with van der Waals surface area (Å²) in [5.41, 5.74) is 2.80. The van der Waals surface area contributed by atoms with Crippen molar-refractivity contribution in [2.75, 3.05) is 19.6 Å². The molecule has 0 radical (unpaired) electrons. The lowest BCUT2D eigenvalue weighted by Gasteiger charge is -2.51. The van der Waals surface area contributed by atoms with Gasteiger partial charge in [0.2, 0.25) is 0 Å². The Balaban J connectivity index is 1.52. The van der Waals surface area contributed by atoms with Gasteiger partial charge in [0.05, 0.1) is 17.8 Å². The number of likely N-dealkylation sites (tertiary alicyclic amines) is 1. The second-order valence-corrected chi connectivity index (χ2v) is 8.43. The molecule has 0 unspecified atom stereocenters. The molecule has 1 amide bonds. The molecule has 5 heterocycles. The van der Waals surface area contributed by atoms with Crippen molar-refractivity contribution >= 4 is 5.91 Å². The highest BCUT2D eigenvalue weighted by Gasteiger charge is 2.54. The maximum absolute atomic E-state index is 13.6. The predicted molar refractivity (Wildman–Crippen MR) is 105 cm³/mol. The number of carbonyl (C=O) groups excluding carboxylic acids is 1. The molecule has 6 heteroatoms. The number of benzene rings is 1. The zero-order valence-electron chi connectivity index (χ0n) is 16.5. The maximum Gasteiger partial charge on any atom is 0.257 e. The van der Waals surface area contributed by atoms with Crippen LogP contribution in [0.1, 0.15) is 47.3 Å². The summed E-state index contributed by atoms with van der Waals surface area (Å²) in [7, 11) is 0. The standard InChI is InChI=1S/C22H27FN4O/c1-3-27-14(2)18(12-24-27)22(28)26-13-19(15-4-6-17(23)7-5-15)21-20(26)16-8-10-25(21)11-9-16/h4-7,12,16,19-21H,3,8-11,13H2,1-2H3/t19-,20+,21+/m1/s1. The van der Waals surface area contributed by atoms with Crippen LogP contribution < -0.4 is 0 Å². The number of aromatic nitrogens is 2. The summed E-state index contributed by atoms with van der Waals surface area (Å²) in [5.74, 6) is 0.690. The maximum atomic E-state index is 13.6. The minimum Gasteiger partial charge on any atom is -0.333 e. The van der Waals surface area contributed by atoms with Crippen molar-refractivity contribution in [3.8, 4) is 0 Å². The van der Waals surface area contributed by atoms with E-state index in [1.165, 1.54) is 0 Å². The fourth-order valence-corrected chi connectivity index (χ4v) is 5.79. The Labute approximate surface area is 165 Å². The molecule has 2 aromatic rings. The van der Waals surface area contributed by atoms with Crippen LogP contribution in [0.25, 0.3) is 0 Å². The molecule has 0 spiro atoms. The van der Waals surface area contributed by atoms with E-state index >= 15 is 0 Å². The topological polar surface area (TPSA) is 41.4 Å². The van der Waals surface area contributed by atoms with Crippen molar-refractivity contribution in [3.05, 3.63) is 53.1 Å². The number of nitrogens with zero attached hydrogens (tertiary/aromatic N) is 4. The van der Waals surface area contributed by atoms with Crippen LogP contribution >= 0.6 is 0 Å². The Morgan fingerprint density at radius 3 is 2.54 bits per heavy atom. The van der Waals surface area contributed by atoms with E-state index < -0.39 is 0 Å². The quantitative estimate of drug-likeness (QED) is 0.819. The molecule has 1 aromatic heterocycles. The Bertz CT molecular complexity index is 884. The zero-order valence-corrected chi connectivity index (χ0v) is 16.5. The second kappa shape index (κ2) is 6.69. The average Bonchev–Trinajstić information content (AvgIpc) is 3.31. The van der Waals surface area contributed by atoms with Crippen molar-refractivity contribution in [3.63, 3.8) is 0 Å². The summed E-state index contributed by atoms with van der Waals surface area (Å²) in [5, 5.41) is 4.38. The summed E-state index contributed by atoms with van der Waals surface area (Å²) in [6, 6.07) is 7.46. The molecule has 0 N–H and O–H groups in total. The molecule has 6 rings (SSSR count). The van der Waals surface area contributed by atoms with Crippen molar-refractivity contribution in [1.29, 1.82) is 0 Å². The lowest BCUT2D eigenvalue weighted by atomic mass is 9.75. The highest BCUT2D eigenvalue weighted by atomic mass is 19.1. The first-order valence-corrected chi connectivity index (χ1v) is 10.4. The van der Waals surface area contributed by atoms with Gasteiger partial charge in [-0.1, -0.05) is 12.1 Å². The van der Waals surface area contributed by atoms with Gasteiger partial charge < -0.3 is 4.90 Å². The molecular formula is C22H27FN4O. The first-order valence-electron chi connectivity index (χ1n) is 10.4. The van der Waals surface area contributed by atoms with Gasteiger partial charge in [0, 0.05) is 30.7 Å². The third-order valence-corrected chi connectivity index (χ3v) is 7.19. The van der Waals surface area contributed by atoms with E-state index in [1.54, 1.807) is 18.3 Å². The molecule has 4 saturated heterocycles. The minimum absolute atomic E-state index is 0.102. The monoisotopic (exact) mass is 382 g/mol. The van der Waals surface area contributed by atoms with Crippen LogP contribution in [-0.2, 0) is 6.54 Å². The number of fused-ring (bicyclic) bond motifs is 2. The average molecular weight is 382 g/mol. The van der Waals surface area contributed by atoms with E-state index in [0.29, 0.717) is 18.5 Å². The lowest BCUT2D eigenvalue weighted by Crippen LogP contribution is -2.60. The molecule has 0 aliphatic carbocycles. The van der Waals surface area contributed by atoms with Crippen LogP contribution in [0.5, 0.6) is 0 Å².